The van der Waals surface area contributed by atoms with Gasteiger partial charge in [0.2, 0.25) is 0 Å². The smallest absolute Gasteiger partial charge is 0.259 e. The predicted molar refractivity (Wildman–Crippen MR) is 72.2 cm³/mol. The van der Waals surface area contributed by atoms with Crippen LogP contribution in [0.4, 0.5) is 5.69 Å². The number of phenolic OH excluding ortho intramolecular Hbond substituents is 1. The number of halogens is 1. The number of anilines is 1. The average Bonchev–Trinajstić information content (AvgIpc) is 2.35. The van der Waals surface area contributed by atoms with Crippen molar-refractivity contribution in [2.75, 3.05) is 5.32 Å². The maximum Gasteiger partial charge on any atom is 0.259 e. The van der Waals surface area contributed by atoms with Gasteiger partial charge in [-0.25, -0.2) is 0 Å². The van der Waals surface area contributed by atoms with Gasteiger partial charge >= 0.3 is 0 Å². The van der Waals surface area contributed by atoms with Crippen LogP contribution in [0.15, 0.2) is 42.5 Å². The first kappa shape index (κ1) is 12.5. The third kappa shape index (κ3) is 2.46. The second kappa shape index (κ2) is 5.10. The fraction of sp³-hybridized carbons (Fsp3) is 0.0714. The van der Waals surface area contributed by atoms with Crippen LogP contribution in [0.5, 0.6) is 5.75 Å². The first-order valence-electron chi connectivity index (χ1n) is 5.44. The van der Waals surface area contributed by atoms with Crippen molar-refractivity contribution in [2.24, 2.45) is 0 Å². The van der Waals surface area contributed by atoms with Gasteiger partial charge in [0, 0.05) is 0 Å². The summed E-state index contributed by atoms with van der Waals surface area (Å²) < 4.78 is 0. The number of amides is 1. The molecule has 3 nitrogen and oxygen atoms in total. The van der Waals surface area contributed by atoms with Gasteiger partial charge in [0.25, 0.3) is 5.91 Å². The van der Waals surface area contributed by atoms with Crippen molar-refractivity contribution < 1.29 is 9.90 Å². The van der Waals surface area contributed by atoms with Crippen LogP contribution in [0.25, 0.3) is 0 Å². The molecule has 18 heavy (non-hydrogen) atoms. The zero-order valence-corrected chi connectivity index (χ0v) is 10.5. The van der Waals surface area contributed by atoms with Crippen molar-refractivity contribution >= 4 is 23.2 Å². The Morgan fingerprint density at radius 3 is 2.61 bits per heavy atom. The van der Waals surface area contributed by atoms with Gasteiger partial charge in [-0.2, -0.15) is 0 Å². The van der Waals surface area contributed by atoms with Gasteiger partial charge in [-0.15, -0.1) is 0 Å². The standard InChI is InChI=1S/C14H12ClNO2/c1-9-5-4-7-11(13(9)15)16-14(18)10-6-2-3-8-12(10)17/h2-8,17H,1H3,(H,16,18). The molecule has 2 rings (SSSR count). The fourth-order valence-electron chi connectivity index (χ4n) is 1.60. The van der Waals surface area contributed by atoms with E-state index in [0.29, 0.717) is 10.7 Å². The molecule has 0 spiro atoms. The Kier molecular flexibility index (Phi) is 3.53. The number of carbonyl (C=O) groups is 1. The largest absolute Gasteiger partial charge is 0.507 e. The summed E-state index contributed by atoms with van der Waals surface area (Å²) in [6.07, 6.45) is 0. The highest BCUT2D eigenvalue weighted by Crippen LogP contribution is 2.26. The Labute approximate surface area is 110 Å². The molecule has 1 amide bonds. The third-order valence-corrected chi connectivity index (χ3v) is 3.09. The SMILES string of the molecule is Cc1cccc(NC(=O)c2ccccc2O)c1Cl. The molecule has 0 radical (unpaired) electrons. The number of nitrogens with one attached hydrogen (secondary N) is 1. The number of rotatable bonds is 2. The highest BCUT2D eigenvalue weighted by Gasteiger charge is 2.12. The number of aromatic hydroxyl groups is 1. The van der Waals surface area contributed by atoms with Gasteiger partial charge in [-0.3, -0.25) is 4.79 Å². The summed E-state index contributed by atoms with van der Waals surface area (Å²) in [5.74, 6) is -0.445. The predicted octanol–water partition coefficient (Wildman–Crippen LogP) is 3.61. The molecule has 0 fully saturated rings. The number of para-hydroxylation sites is 1. The Hall–Kier alpha value is -2.00. The first-order valence-corrected chi connectivity index (χ1v) is 5.82. The van der Waals surface area contributed by atoms with E-state index in [2.05, 4.69) is 5.32 Å². The van der Waals surface area contributed by atoms with Crippen molar-refractivity contribution in [3.05, 3.63) is 58.6 Å². The lowest BCUT2D eigenvalue weighted by Crippen LogP contribution is -2.12. The maximum absolute atomic E-state index is 12.0. The van der Waals surface area contributed by atoms with E-state index in [1.165, 1.54) is 6.07 Å². The highest BCUT2D eigenvalue weighted by molar-refractivity contribution is 6.34. The zero-order valence-electron chi connectivity index (χ0n) is 9.77. The summed E-state index contributed by atoms with van der Waals surface area (Å²) in [6, 6.07) is 11.7. The summed E-state index contributed by atoms with van der Waals surface area (Å²) in [5.41, 5.74) is 1.63. The molecule has 4 heteroatoms. The molecule has 0 aliphatic heterocycles. The molecule has 0 bridgehead atoms. The monoisotopic (exact) mass is 261 g/mol. The summed E-state index contributed by atoms with van der Waals surface area (Å²) in [6.45, 7) is 1.86. The summed E-state index contributed by atoms with van der Waals surface area (Å²) in [5, 5.41) is 12.8. The molecule has 0 heterocycles. The van der Waals surface area contributed by atoms with E-state index < -0.39 is 0 Å². The molecular weight excluding hydrogens is 250 g/mol. The van der Waals surface area contributed by atoms with Crippen LogP contribution >= 0.6 is 11.6 Å². The third-order valence-electron chi connectivity index (χ3n) is 2.59. The molecule has 2 N–H and O–H groups in total. The molecule has 2 aromatic rings. The Balaban J connectivity index is 2.27. The lowest BCUT2D eigenvalue weighted by atomic mass is 10.1. The van der Waals surface area contributed by atoms with E-state index in [1.807, 2.05) is 19.1 Å². The minimum absolute atomic E-state index is 0.0567. The minimum Gasteiger partial charge on any atom is -0.507 e. The molecule has 0 aliphatic rings. The van der Waals surface area contributed by atoms with E-state index in [1.54, 1.807) is 24.3 Å². The number of phenols is 1. The van der Waals surface area contributed by atoms with E-state index in [-0.39, 0.29) is 17.2 Å². The van der Waals surface area contributed by atoms with Gasteiger partial charge in [0.15, 0.2) is 0 Å². The molecular formula is C14H12ClNO2. The highest BCUT2D eigenvalue weighted by atomic mass is 35.5. The first-order chi connectivity index (χ1) is 8.59. The number of aryl methyl sites for hydroxylation is 1. The Morgan fingerprint density at radius 2 is 1.89 bits per heavy atom. The average molecular weight is 262 g/mol. The lowest BCUT2D eigenvalue weighted by molar-refractivity contribution is 0.102. The summed E-state index contributed by atoms with van der Waals surface area (Å²) in [7, 11) is 0. The molecule has 0 aliphatic carbocycles. The van der Waals surface area contributed by atoms with Crippen LogP contribution in [0, 0.1) is 6.92 Å². The normalized spacial score (nSPS) is 10.1. The minimum atomic E-state index is -0.388. The van der Waals surface area contributed by atoms with Crippen LogP contribution in [0.3, 0.4) is 0 Å². The molecule has 0 unspecified atom stereocenters. The van der Waals surface area contributed by atoms with Crippen LogP contribution in [-0.4, -0.2) is 11.0 Å². The van der Waals surface area contributed by atoms with Crippen molar-refractivity contribution in [3.8, 4) is 5.75 Å². The molecule has 0 aromatic heterocycles. The van der Waals surface area contributed by atoms with Gasteiger partial charge in [-0.05, 0) is 30.7 Å². The molecule has 92 valence electrons. The second-order valence-corrected chi connectivity index (χ2v) is 4.29. The Bertz CT molecular complexity index is 596. The molecule has 0 saturated heterocycles. The van der Waals surface area contributed by atoms with E-state index in [0.717, 1.165) is 5.56 Å². The number of hydrogen-bond acceptors (Lipinski definition) is 2. The Morgan fingerprint density at radius 1 is 1.17 bits per heavy atom. The zero-order chi connectivity index (χ0) is 13.1. The summed E-state index contributed by atoms with van der Waals surface area (Å²) in [4.78, 5) is 12.0. The second-order valence-electron chi connectivity index (χ2n) is 3.91. The molecule has 0 saturated carbocycles. The number of hydrogen-bond donors (Lipinski definition) is 2. The van der Waals surface area contributed by atoms with E-state index in [9.17, 15) is 9.90 Å². The topological polar surface area (TPSA) is 49.3 Å². The fourth-order valence-corrected chi connectivity index (χ4v) is 1.77. The van der Waals surface area contributed by atoms with Gasteiger partial charge in [0.05, 0.1) is 16.3 Å². The van der Waals surface area contributed by atoms with Gasteiger partial charge < -0.3 is 10.4 Å². The van der Waals surface area contributed by atoms with Gasteiger partial charge in [-0.1, -0.05) is 35.9 Å². The molecule has 2 aromatic carbocycles. The summed E-state index contributed by atoms with van der Waals surface area (Å²) >= 11 is 6.09. The van der Waals surface area contributed by atoms with Crippen molar-refractivity contribution in [1.29, 1.82) is 0 Å². The number of benzene rings is 2. The lowest BCUT2D eigenvalue weighted by Gasteiger charge is -2.09. The van der Waals surface area contributed by atoms with Gasteiger partial charge in [0.1, 0.15) is 5.75 Å². The van der Waals surface area contributed by atoms with Crippen molar-refractivity contribution in [2.45, 2.75) is 6.92 Å². The van der Waals surface area contributed by atoms with Crippen molar-refractivity contribution in [1.82, 2.24) is 0 Å². The van der Waals surface area contributed by atoms with Crippen LogP contribution < -0.4 is 5.32 Å². The van der Waals surface area contributed by atoms with E-state index in [4.69, 9.17) is 11.6 Å². The van der Waals surface area contributed by atoms with Crippen LogP contribution in [0.1, 0.15) is 15.9 Å². The van der Waals surface area contributed by atoms with Crippen LogP contribution in [-0.2, 0) is 0 Å². The maximum atomic E-state index is 12.0. The van der Waals surface area contributed by atoms with E-state index >= 15 is 0 Å². The molecule has 0 atom stereocenters. The van der Waals surface area contributed by atoms with Crippen molar-refractivity contribution in [3.63, 3.8) is 0 Å². The quantitative estimate of drug-likeness (QED) is 0.868. The van der Waals surface area contributed by atoms with Crippen LogP contribution in [0.2, 0.25) is 5.02 Å². The number of carbonyl (C=O) groups excluding carboxylic acids is 1.